The van der Waals surface area contributed by atoms with Gasteiger partial charge in [0.15, 0.2) is 0 Å². The minimum absolute atomic E-state index is 0.139. The largest absolute Gasteiger partial charge is 0.705 e. The number of unbranched alkanes of at least 4 members (excludes halogenated alkanes) is 3. The molecule has 0 atom stereocenters. The van der Waals surface area contributed by atoms with E-state index in [2.05, 4.69) is 19.1 Å². The molecule has 1 aromatic carbocycles. The van der Waals surface area contributed by atoms with Crippen molar-refractivity contribution in [2.24, 2.45) is 5.92 Å². The number of rotatable bonds is 20. The molecular weight excluding hydrogens is 536 g/mol. The van der Waals surface area contributed by atoms with Crippen molar-refractivity contribution in [3.05, 3.63) is 29.8 Å². The predicted octanol–water partition coefficient (Wildman–Crippen LogP) is 8.67. The monoisotopic (exact) mass is 590 g/mol. The van der Waals surface area contributed by atoms with Crippen LogP contribution in [0.15, 0.2) is 24.3 Å². The minimum atomic E-state index is -3.94. The van der Waals surface area contributed by atoms with E-state index < -0.39 is 26.7 Å². The summed E-state index contributed by atoms with van der Waals surface area (Å²) in [6.07, 6.45) is 13.1. The van der Waals surface area contributed by atoms with Crippen LogP contribution in [0.1, 0.15) is 142 Å². The lowest BCUT2D eigenvalue weighted by Gasteiger charge is -2.28. The maximum Gasteiger partial charge on any atom is 0.705 e. The van der Waals surface area contributed by atoms with Crippen LogP contribution in [0.5, 0.6) is 5.75 Å². The summed E-state index contributed by atoms with van der Waals surface area (Å²) >= 11 is 0. The van der Waals surface area contributed by atoms with Crippen LogP contribution in [0.4, 0.5) is 0 Å². The highest BCUT2D eigenvalue weighted by atomic mass is 28.4. The van der Waals surface area contributed by atoms with Gasteiger partial charge in [0, 0.05) is 19.3 Å². The van der Waals surface area contributed by atoms with Gasteiger partial charge in [-0.1, -0.05) is 71.9 Å². The van der Waals surface area contributed by atoms with Crippen molar-refractivity contribution in [3.8, 4) is 5.75 Å². The van der Waals surface area contributed by atoms with Crippen molar-refractivity contribution >= 4 is 26.7 Å². The highest BCUT2D eigenvalue weighted by molar-refractivity contribution is 6.65. The Bertz CT molecular complexity index is 838. The summed E-state index contributed by atoms with van der Waals surface area (Å²) in [5.74, 6) is 0.787. The van der Waals surface area contributed by atoms with Gasteiger partial charge >= 0.3 is 8.80 Å². The second kappa shape index (κ2) is 19.7. The van der Waals surface area contributed by atoms with Gasteiger partial charge in [0.25, 0.3) is 17.9 Å². The molecule has 1 aliphatic rings. The Balaban J connectivity index is 2.02. The number of carbonyl (C=O) groups excluding carboxylic acids is 3. The average molecular weight is 591 g/mol. The van der Waals surface area contributed by atoms with Crippen LogP contribution in [0.25, 0.3) is 0 Å². The van der Waals surface area contributed by atoms with Crippen LogP contribution < -0.4 is 4.74 Å². The fraction of sp³-hybridized carbons (Fsp3) is 0.727. The Morgan fingerprint density at radius 3 is 1.61 bits per heavy atom. The van der Waals surface area contributed by atoms with Crippen molar-refractivity contribution in [2.45, 2.75) is 142 Å². The zero-order valence-corrected chi connectivity index (χ0v) is 27.0. The predicted molar refractivity (Wildman–Crippen MR) is 164 cm³/mol. The normalized spacial score (nSPS) is 17.1. The quantitative estimate of drug-likeness (QED) is 0.111. The first kappa shape index (κ1) is 34.8. The summed E-state index contributed by atoms with van der Waals surface area (Å²) < 4.78 is 23.3. The summed E-state index contributed by atoms with van der Waals surface area (Å²) in [5, 5.41) is 0. The van der Waals surface area contributed by atoms with E-state index in [-0.39, 0.29) is 25.3 Å². The topological polar surface area (TPSA) is 88.1 Å². The molecule has 0 bridgehead atoms. The van der Waals surface area contributed by atoms with Crippen molar-refractivity contribution in [3.63, 3.8) is 0 Å². The molecule has 41 heavy (non-hydrogen) atoms. The Morgan fingerprint density at radius 1 is 0.683 bits per heavy atom. The van der Waals surface area contributed by atoms with Crippen LogP contribution in [0.2, 0.25) is 6.04 Å². The van der Waals surface area contributed by atoms with E-state index in [9.17, 15) is 14.4 Å². The third-order valence-corrected chi connectivity index (χ3v) is 10.4. The second-order valence-corrected chi connectivity index (χ2v) is 13.9. The van der Waals surface area contributed by atoms with E-state index in [0.29, 0.717) is 38.2 Å². The van der Waals surface area contributed by atoms with Crippen LogP contribution in [0.3, 0.4) is 0 Å². The molecule has 0 radical (unpaired) electrons. The zero-order chi connectivity index (χ0) is 29.9. The molecule has 8 heteroatoms. The first-order valence-electron chi connectivity index (χ1n) is 16.2. The average Bonchev–Trinajstić information content (AvgIpc) is 2.97. The van der Waals surface area contributed by atoms with Gasteiger partial charge in [-0.2, -0.15) is 0 Å². The lowest BCUT2D eigenvalue weighted by molar-refractivity contribution is -0.151. The molecule has 0 aliphatic heterocycles. The first-order valence-corrected chi connectivity index (χ1v) is 18.2. The Hall–Kier alpha value is -2.35. The summed E-state index contributed by atoms with van der Waals surface area (Å²) in [6.45, 7) is 8.54. The van der Waals surface area contributed by atoms with Gasteiger partial charge in [-0.15, -0.1) is 0 Å². The van der Waals surface area contributed by atoms with Crippen LogP contribution in [-0.2, 0) is 27.7 Å². The van der Waals surface area contributed by atoms with Crippen molar-refractivity contribution < 1.29 is 32.4 Å². The van der Waals surface area contributed by atoms with E-state index in [1.165, 1.54) is 44.1 Å². The van der Waals surface area contributed by atoms with Gasteiger partial charge in [-0.25, -0.2) is 0 Å². The van der Waals surface area contributed by atoms with Gasteiger partial charge in [-0.05, 0) is 80.9 Å². The van der Waals surface area contributed by atoms with Crippen LogP contribution in [-0.4, -0.2) is 33.3 Å². The molecule has 1 fully saturated rings. The number of hydrogen-bond donors (Lipinski definition) is 0. The third kappa shape index (κ3) is 13.4. The van der Waals surface area contributed by atoms with E-state index in [4.69, 9.17) is 18.0 Å². The summed E-state index contributed by atoms with van der Waals surface area (Å²) in [4.78, 5) is 38.0. The van der Waals surface area contributed by atoms with Gasteiger partial charge in [0.1, 0.15) is 5.75 Å². The van der Waals surface area contributed by atoms with E-state index in [1.54, 1.807) is 0 Å². The van der Waals surface area contributed by atoms with E-state index in [1.807, 2.05) is 32.9 Å². The number of hydrogen-bond acceptors (Lipinski definition) is 7. The maximum atomic E-state index is 12.7. The second-order valence-electron chi connectivity index (χ2n) is 11.4. The van der Waals surface area contributed by atoms with Gasteiger partial charge < -0.3 is 18.0 Å². The smallest absolute Gasteiger partial charge is 0.494 e. The zero-order valence-electron chi connectivity index (χ0n) is 26.0. The van der Waals surface area contributed by atoms with E-state index in [0.717, 1.165) is 30.9 Å². The van der Waals surface area contributed by atoms with Gasteiger partial charge in [0.2, 0.25) is 0 Å². The maximum absolute atomic E-state index is 12.7. The molecule has 2 rings (SSSR count). The molecule has 0 amide bonds. The highest BCUT2D eigenvalue weighted by Gasteiger charge is 2.52. The molecule has 1 aromatic rings. The fourth-order valence-electron chi connectivity index (χ4n) is 5.36. The highest BCUT2D eigenvalue weighted by Crippen LogP contribution is 2.38. The molecule has 0 heterocycles. The summed E-state index contributed by atoms with van der Waals surface area (Å²) in [5.41, 5.74) is 1.37. The van der Waals surface area contributed by atoms with Crippen molar-refractivity contribution in [1.82, 2.24) is 0 Å². The van der Waals surface area contributed by atoms with Crippen LogP contribution >= 0.6 is 0 Å². The SMILES string of the molecule is CCCCC(=O)O[Si](CCCOc1ccc(C2CCC(CCC)CC2)cc1)(OC(=O)CCCC)OC(=O)CCCC. The lowest BCUT2D eigenvalue weighted by Crippen LogP contribution is -2.50. The summed E-state index contributed by atoms with van der Waals surface area (Å²) in [7, 11) is -3.94. The Morgan fingerprint density at radius 2 is 1.17 bits per heavy atom. The lowest BCUT2D eigenvalue weighted by atomic mass is 9.77. The fourth-order valence-corrected chi connectivity index (χ4v) is 7.72. The molecule has 0 unspecified atom stereocenters. The van der Waals surface area contributed by atoms with E-state index >= 15 is 0 Å². The molecular formula is C33H54O7Si. The molecule has 0 spiro atoms. The molecule has 1 aliphatic carbocycles. The number of benzene rings is 1. The van der Waals surface area contributed by atoms with Gasteiger partial charge in [-0.3, -0.25) is 14.4 Å². The molecule has 0 aromatic heterocycles. The Kier molecular flexibility index (Phi) is 16.8. The first-order chi connectivity index (χ1) is 19.8. The summed E-state index contributed by atoms with van der Waals surface area (Å²) in [6, 6.07) is 8.50. The number of ether oxygens (including phenoxy) is 1. The Labute approximate surface area is 249 Å². The third-order valence-electron chi connectivity index (χ3n) is 7.80. The van der Waals surface area contributed by atoms with Gasteiger partial charge in [0.05, 0.1) is 12.7 Å². The molecule has 1 saturated carbocycles. The molecule has 0 N–H and O–H groups in total. The standard InChI is InChI=1S/C33H54O7Si/c1-5-9-14-31(34)38-41(39-32(35)15-10-6-2,40-33(36)16-11-7-3)26-12-25-37-30-23-21-29(22-24-30)28-19-17-27(13-8-4)18-20-28/h21-24,27-28H,5-20,25-26H2,1-4H3. The number of carbonyl (C=O) groups is 3. The van der Waals surface area contributed by atoms with Crippen LogP contribution in [0, 0.1) is 5.92 Å². The van der Waals surface area contributed by atoms with Crippen molar-refractivity contribution in [1.29, 1.82) is 0 Å². The minimum Gasteiger partial charge on any atom is -0.494 e. The molecule has 232 valence electrons. The van der Waals surface area contributed by atoms with Crippen molar-refractivity contribution in [2.75, 3.05) is 6.61 Å². The molecule has 0 saturated heterocycles. The molecule has 7 nitrogen and oxygen atoms in total.